The average Bonchev–Trinajstić information content (AvgIpc) is 2.64. The molecule has 6 nitrogen and oxygen atoms in total. The zero-order valence-corrected chi connectivity index (χ0v) is 9.27. The van der Waals surface area contributed by atoms with Gasteiger partial charge in [0, 0.05) is 13.1 Å². The molecule has 0 bridgehead atoms. The molecule has 0 aliphatic heterocycles. The molecule has 15 heavy (non-hydrogen) atoms. The third-order valence-electron chi connectivity index (χ3n) is 1.49. The molecule has 0 aromatic carbocycles. The zero-order chi connectivity index (χ0) is 11.5. The number of nitrogens with one attached hydrogen (secondary N) is 1. The number of carbonyl (C=O) groups is 1. The van der Waals surface area contributed by atoms with Gasteiger partial charge in [-0.2, -0.15) is 0 Å². The van der Waals surface area contributed by atoms with Gasteiger partial charge in [0.1, 0.15) is 9.09 Å². The molecular weight excluding hydrogens is 240 g/mol. The van der Waals surface area contributed by atoms with Crippen molar-refractivity contribution in [1.29, 1.82) is 0 Å². The number of thiophene rings is 1. The highest BCUT2D eigenvalue weighted by Gasteiger charge is 2.17. The molecule has 8 heteroatoms. The summed E-state index contributed by atoms with van der Waals surface area (Å²) in [5, 5.41) is 8.62. The molecule has 0 amide bonds. The molecule has 1 heterocycles. The van der Waals surface area contributed by atoms with Crippen molar-refractivity contribution < 1.29 is 18.3 Å². The van der Waals surface area contributed by atoms with Crippen LogP contribution in [0.5, 0.6) is 0 Å². The molecule has 0 fully saturated rings. The van der Waals surface area contributed by atoms with E-state index in [-0.39, 0.29) is 22.2 Å². The summed E-state index contributed by atoms with van der Waals surface area (Å²) in [5.41, 5.74) is 5.15. The van der Waals surface area contributed by atoms with E-state index in [2.05, 4.69) is 4.72 Å². The fourth-order valence-electron chi connectivity index (χ4n) is 0.844. The maximum absolute atomic E-state index is 11.5. The van der Waals surface area contributed by atoms with Gasteiger partial charge in [-0.05, 0) is 12.1 Å². The van der Waals surface area contributed by atoms with Crippen LogP contribution in [0.4, 0.5) is 0 Å². The van der Waals surface area contributed by atoms with E-state index in [0.29, 0.717) is 11.3 Å². The van der Waals surface area contributed by atoms with Crippen molar-refractivity contribution in [2.24, 2.45) is 5.73 Å². The molecule has 0 saturated heterocycles. The minimum Gasteiger partial charge on any atom is -0.477 e. The average molecular weight is 250 g/mol. The van der Waals surface area contributed by atoms with E-state index >= 15 is 0 Å². The number of carboxylic acid groups (broad SMARTS) is 1. The lowest BCUT2D eigenvalue weighted by molar-refractivity contribution is 0.0702. The van der Waals surface area contributed by atoms with E-state index in [0.717, 1.165) is 0 Å². The van der Waals surface area contributed by atoms with Crippen LogP contribution in [0.2, 0.25) is 0 Å². The van der Waals surface area contributed by atoms with Crippen LogP contribution in [0, 0.1) is 0 Å². The lowest BCUT2D eigenvalue weighted by Crippen LogP contribution is -2.28. The highest BCUT2D eigenvalue weighted by Crippen LogP contribution is 2.20. The number of hydrogen-bond acceptors (Lipinski definition) is 5. The Hall–Kier alpha value is -0.960. The molecule has 1 aromatic rings. The third-order valence-corrected chi connectivity index (χ3v) is 4.52. The Morgan fingerprint density at radius 2 is 2.20 bits per heavy atom. The number of nitrogens with two attached hydrogens (primary N) is 1. The first-order valence-electron chi connectivity index (χ1n) is 4.00. The first kappa shape index (κ1) is 12.1. The Bertz CT molecular complexity index is 451. The standard InChI is InChI=1S/C7H10N2O4S2/c8-3-4-9-15(12,13)6-2-1-5(14-6)7(10)11/h1-2,9H,3-4,8H2,(H,10,11). The van der Waals surface area contributed by atoms with Crippen LogP contribution in [-0.4, -0.2) is 32.6 Å². The third kappa shape index (κ3) is 2.99. The smallest absolute Gasteiger partial charge is 0.345 e. The van der Waals surface area contributed by atoms with Crippen molar-refractivity contribution >= 4 is 27.3 Å². The van der Waals surface area contributed by atoms with Crippen molar-refractivity contribution in [2.75, 3.05) is 13.1 Å². The zero-order valence-electron chi connectivity index (χ0n) is 7.63. The van der Waals surface area contributed by atoms with Gasteiger partial charge < -0.3 is 10.8 Å². The lowest BCUT2D eigenvalue weighted by Gasteiger charge is -2.01. The maximum atomic E-state index is 11.5. The summed E-state index contributed by atoms with van der Waals surface area (Å²) in [6.07, 6.45) is 0. The fraction of sp³-hybridized carbons (Fsp3) is 0.286. The number of carboxylic acids is 1. The predicted molar refractivity (Wildman–Crippen MR) is 55.5 cm³/mol. The summed E-state index contributed by atoms with van der Waals surface area (Å²) < 4.78 is 25.2. The number of aromatic carboxylic acids is 1. The van der Waals surface area contributed by atoms with E-state index in [1.807, 2.05) is 0 Å². The van der Waals surface area contributed by atoms with Gasteiger partial charge in [0.25, 0.3) is 0 Å². The van der Waals surface area contributed by atoms with E-state index in [4.69, 9.17) is 10.8 Å². The molecule has 0 aliphatic rings. The van der Waals surface area contributed by atoms with Gasteiger partial charge in [0.15, 0.2) is 0 Å². The van der Waals surface area contributed by atoms with Crippen molar-refractivity contribution in [2.45, 2.75) is 4.21 Å². The van der Waals surface area contributed by atoms with Gasteiger partial charge in [-0.25, -0.2) is 17.9 Å². The highest BCUT2D eigenvalue weighted by atomic mass is 32.2. The monoisotopic (exact) mass is 250 g/mol. The van der Waals surface area contributed by atoms with Gasteiger partial charge in [-0.1, -0.05) is 0 Å². The lowest BCUT2D eigenvalue weighted by atomic mass is 10.5. The van der Waals surface area contributed by atoms with Gasteiger partial charge in [0.05, 0.1) is 0 Å². The maximum Gasteiger partial charge on any atom is 0.345 e. The summed E-state index contributed by atoms with van der Waals surface area (Å²) in [4.78, 5) is 10.5. The Kier molecular flexibility index (Phi) is 3.80. The minimum absolute atomic E-state index is 0.0110. The molecule has 1 aromatic heterocycles. The molecular formula is C7H10N2O4S2. The van der Waals surface area contributed by atoms with Gasteiger partial charge in [0.2, 0.25) is 10.0 Å². The van der Waals surface area contributed by atoms with Gasteiger partial charge >= 0.3 is 5.97 Å². The van der Waals surface area contributed by atoms with Crippen molar-refractivity contribution in [3.05, 3.63) is 17.0 Å². The first-order valence-corrected chi connectivity index (χ1v) is 6.30. The molecule has 0 unspecified atom stereocenters. The minimum atomic E-state index is -3.61. The Balaban J connectivity index is 2.91. The SMILES string of the molecule is NCCNS(=O)(=O)c1ccc(C(=O)O)s1. The predicted octanol–water partition coefficient (Wildman–Crippen LogP) is -0.317. The molecule has 84 valence electrons. The van der Waals surface area contributed by atoms with Crippen LogP contribution in [0.3, 0.4) is 0 Å². The second-order valence-electron chi connectivity index (χ2n) is 2.61. The van der Waals surface area contributed by atoms with E-state index < -0.39 is 16.0 Å². The molecule has 0 radical (unpaired) electrons. The summed E-state index contributed by atoms with van der Waals surface area (Å²) in [6, 6.07) is 2.51. The van der Waals surface area contributed by atoms with Crippen molar-refractivity contribution in [3.8, 4) is 0 Å². The number of sulfonamides is 1. The fourth-order valence-corrected chi connectivity index (χ4v) is 3.08. The summed E-state index contributed by atoms with van der Waals surface area (Å²) in [7, 11) is -3.61. The molecule has 0 aliphatic carbocycles. The second-order valence-corrected chi connectivity index (χ2v) is 5.69. The van der Waals surface area contributed by atoms with Gasteiger partial charge in [-0.3, -0.25) is 0 Å². The van der Waals surface area contributed by atoms with E-state index in [1.165, 1.54) is 12.1 Å². The first-order chi connectivity index (χ1) is 6.97. The van der Waals surface area contributed by atoms with Crippen LogP contribution in [0.25, 0.3) is 0 Å². The van der Waals surface area contributed by atoms with Crippen LogP contribution in [-0.2, 0) is 10.0 Å². The molecule has 1 rings (SSSR count). The van der Waals surface area contributed by atoms with Crippen LogP contribution < -0.4 is 10.5 Å². The molecule has 0 spiro atoms. The normalized spacial score (nSPS) is 11.5. The van der Waals surface area contributed by atoms with Crippen LogP contribution >= 0.6 is 11.3 Å². The largest absolute Gasteiger partial charge is 0.477 e. The van der Waals surface area contributed by atoms with Crippen LogP contribution in [0.1, 0.15) is 9.67 Å². The van der Waals surface area contributed by atoms with Crippen LogP contribution in [0.15, 0.2) is 16.3 Å². The van der Waals surface area contributed by atoms with E-state index in [9.17, 15) is 13.2 Å². The van der Waals surface area contributed by atoms with Crippen molar-refractivity contribution in [1.82, 2.24) is 4.72 Å². The van der Waals surface area contributed by atoms with Gasteiger partial charge in [-0.15, -0.1) is 11.3 Å². The number of hydrogen-bond donors (Lipinski definition) is 3. The summed E-state index contributed by atoms with van der Waals surface area (Å²) in [5.74, 6) is -1.14. The molecule has 0 atom stereocenters. The highest BCUT2D eigenvalue weighted by molar-refractivity contribution is 7.91. The summed E-state index contributed by atoms with van der Waals surface area (Å²) in [6.45, 7) is 0.318. The van der Waals surface area contributed by atoms with Crippen molar-refractivity contribution in [3.63, 3.8) is 0 Å². The second kappa shape index (κ2) is 4.71. The molecule has 0 saturated carbocycles. The Morgan fingerprint density at radius 3 is 2.67 bits per heavy atom. The number of rotatable bonds is 5. The quantitative estimate of drug-likeness (QED) is 0.663. The topological polar surface area (TPSA) is 109 Å². The summed E-state index contributed by atoms with van der Waals surface area (Å²) >= 11 is 0.708. The van der Waals surface area contributed by atoms with E-state index in [1.54, 1.807) is 0 Å². The Labute approximate surface area is 90.8 Å². The Morgan fingerprint density at radius 1 is 1.53 bits per heavy atom. The molecule has 4 N–H and O–H groups in total.